The zero-order chi connectivity index (χ0) is 31.3. The van der Waals surface area contributed by atoms with Gasteiger partial charge in [-0.15, -0.1) is 5.10 Å². The van der Waals surface area contributed by atoms with Crippen molar-refractivity contribution >= 4 is 22.5 Å². The van der Waals surface area contributed by atoms with Crippen molar-refractivity contribution < 1.29 is 23.4 Å². The third-order valence-electron chi connectivity index (χ3n) is 7.87. The first-order valence-electron chi connectivity index (χ1n) is 15.0. The highest BCUT2D eigenvalue weighted by Gasteiger charge is 2.17. The first kappa shape index (κ1) is 30.0. The average molecular weight is 611 g/mol. The Kier molecular flexibility index (Phi) is 8.88. The minimum Gasteiger partial charge on any atom is -0.493 e. The molecule has 1 fully saturated rings. The third kappa shape index (κ3) is 6.73. The number of nitrogens with zero attached hydrogens (tertiary/aromatic N) is 5. The smallest absolute Gasteiger partial charge is 0.277 e. The number of anilines is 1. The van der Waals surface area contributed by atoms with Crippen molar-refractivity contribution in [3.8, 4) is 28.7 Å². The highest BCUT2D eigenvalue weighted by Crippen LogP contribution is 2.38. The number of carbonyl (C=O) groups excluding carboxylic acids is 1. The molecule has 45 heavy (non-hydrogen) atoms. The number of aromatic nitrogens is 4. The number of nitrogens with one attached hydrogen (secondary N) is 1. The molecule has 0 saturated carbocycles. The molecule has 3 heterocycles. The van der Waals surface area contributed by atoms with Crippen molar-refractivity contribution in [1.29, 1.82) is 0 Å². The zero-order valence-corrected chi connectivity index (χ0v) is 25.5. The Hall–Kier alpha value is -5.03. The summed E-state index contributed by atoms with van der Waals surface area (Å²) in [6, 6.07) is 15.3. The molecule has 1 aliphatic rings. The number of methoxy groups -OCH3 is 1. The Morgan fingerprint density at radius 3 is 2.53 bits per heavy atom. The Bertz CT molecular complexity index is 1820. The number of amides is 1. The summed E-state index contributed by atoms with van der Waals surface area (Å²) in [5, 5.41) is 11.4. The van der Waals surface area contributed by atoms with Gasteiger partial charge in [-0.1, -0.05) is 23.4 Å². The normalized spacial score (nSPS) is 13.2. The fraction of sp³-hybridized carbons (Fsp3) is 0.294. The number of likely N-dealkylation sites (tertiary alicyclic amines) is 1. The van der Waals surface area contributed by atoms with E-state index in [-0.39, 0.29) is 17.1 Å². The summed E-state index contributed by atoms with van der Waals surface area (Å²) in [6.07, 6.45) is 6.59. The van der Waals surface area contributed by atoms with Gasteiger partial charge in [0.25, 0.3) is 5.91 Å². The van der Waals surface area contributed by atoms with Gasteiger partial charge in [0.1, 0.15) is 5.75 Å². The number of rotatable bonds is 11. The van der Waals surface area contributed by atoms with Crippen LogP contribution in [0.15, 0.2) is 67.0 Å². The number of hydrogen-bond donors (Lipinski definition) is 1. The number of aryl methyl sites for hydroxylation is 2. The van der Waals surface area contributed by atoms with Crippen molar-refractivity contribution in [2.45, 2.75) is 33.1 Å². The lowest BCUT2D eigenvalue weighted by Gasteiger charge is -2.16. The van der Waals surface area contributed by atoms with Crippen LogP contribution in [0.1, 0.15) is 40.9 Å². The molecule has 0 aliphatic carbocycles. The van der Waals surface area contributed by atoms with E-state index in [0.29, 0.717) is 34.8 Å². The van der Waals surface area contributed by atoms with E-state index in [4.69, 9.17) is 14.2 Å². The van der Waals surface area contributed by atoms with Crippen LogP contribution in [0.25, 0.3) is 16.6 Å². The van der Waals surface area contributed by atoms with E-state index in [9.17, 15) is 4.79 Å². The summed E-state index contributed by atoms with van der Waals surface area (Å²) in [5.41, 5.74) is 3.84. The highest BCUT2D eigenvalue weighted by molar-refractivity contribution is 6.02. The fourth-order valence-corrected chi connectivity index (χ4v) is 5.59. The molecular formula is C34H35FN6O4. The first-order valence-corrected chi connectivity index (χ1v) is 15.0. The molecule has 2 aromatic heterocycles. The monoisotopic (exact) mass is 610 g/mol. The topological polar surface area (TPSA) is 104 Å². The molecule has 0 bridgehead atoms. The maximum Gasteiger partial charge on any atom is 0.277 e. The van der Waals surface area contributed by atoms with Crippen LogP contribution >= 0.6 is 0 Å². The first-order chi connectivity index (χ1) is 21.9. The fourth-order valence-electron chi connectivity index (χ4n) is 5.59. The number of para-hydroxylation sites is 1. The van der Waals surface area contributed by atoms with Gasteiger partial charge < -0.3 is 24.4 Å². The molecule has 5 aromatic rings. The van der Waals surface area contributed by atoms with Crippen LogP contribution in [0.2, 0.25) is 0 Å². The lowest BCUT2D eigenvalue weighted by Crippen LogP contribution is -2.21. The Balaban J connectivity index is 1.13. The largest absolute Gasteiger partial charge is 0.493 e. The summed E-state index contributed by atoms with van der Waals surface area (Å²) in [7, 11) is 1.58. The Morgan fingerprint density at radius 1 is 0.978 bits per heavy atom. The minimum absolute atomic E-state index is 0.0114. The van der Waals surface area contributed by atoms with E-state index in [1.807, 2.05) is 38.1 Å². The summed E-state index contributed by atoms with van der Waals surface area (Å²) in [6.45, 7) is 7.81. The van der Waals surface area contributed by atoms with Gasteiger partial charge in [-0.3, -0.25) is 9.78 Å². The van der Waals surface area contributed by atoms with Crippen molar-refractivity contribution in [3.05, 3.63) is 89.6 Å². The molecule has 0 spiro atoms. The van der Waals surface area contributed by atoms with Crippen molar-refractivity contribution in [2.75, 3.05) is 38.7 Å². The van der Waals surface area contributed by atoms with Crippen molar-refractivity contribution in [2.24, 2.45) is 0 Å². The second-order valence-electron chi connectivity index (χ2n) is 11.1. The van der Waals surface area contributed by atoms with Gasteiger partial charge in [0.2, 0.25) is 0 Å². The van der Waals surface area contributed by atoms with Gasteiger partial charge in [-0.05, 0) is 81.6 Å². The van der Waals surface area contributed by atoms with E-state index in [0.717, 1.165) is 42.9 Å². The van der Waals surface area contributed by atoms with E-state index in [1.165, 1.54) is 25.0 Å². The second kappa shape index (κ2) is 13.3. The van der Waals surface area contributed by atoms with Crippen LogP contribution in [-0.2, 0) is 0 Å². The maximum absolute atomic E-state index is 15.2. The van der Waals surface area contributed by atoms with E-state index < -0.39 is 11.7 Å². The maximum atomic E-state index is 15.2. The van der Waals surface area contributed by atoms with Crippen LogP contribution in [0.5, 0.6) is 23.0 Å². The molecule has 3 aromatic carbocycles. The molecule has 10 nitrogen and oxygen atoms in total. The van der Waals surface area contributed by atoms with Crippen molar-refractivity contribution in [3.63, 3.8) is 0 Å². The van der Waals surface area contributed by atoms with E-state index >= 15 is 4.39 Å². The van der Waals surface area contributed by atoms with Gasteiger partial charge >= 0.3 is 0 Å². The minimum atomic E-state index is -0.651. The number of ether oxygens (including phenoxy) is 3. The molecule has 1 saturated heterocycles. The standard InChI is InChI=1S/C34H35FN6O4/c1-22-8-6-9-23(2)33(22)41-21-28(38-39-41)34(42)37-24-10-11-30(26(35)18-24)45-29-12-13-36-27-20-32(31(43-3)19-25(27)29)44-17-7-16-40-14-4-5-15-40/h6,8-13,18-21H,4-5,7,14-17H2,1-3H3,(H,37,42). The number of fused-ring (bicyclic) bond motifs is 1. The quantitative estimate of drug-likeness (QED) is 0.169. The van der Waals surface area contributed by atoms with Gasteiger partial charge in [0.15, 0.2) is 28.8 Å². The van der Waals surface area contributed by atoms with Crippen LogP contribution in [0.4, 0.5) is 10.1 Å². The molecule has 1 N–H and O–H groups in total. The average Bonchev–Trinajstić information content (AvgIpc) is 3.73. The number of hydrogen-bond acceptors (Lipinski definition) is 8. The molecule has 0 unspecified atom stereocenters. The molecule has 0 radical (unpaired) electrons. The number of pyridine rings is 1. The van der Waals surface area contributed by atoms with Crippen LogP contribution in [-0.4, -0.2) is 64.1 Å². The molecule has 232 valence electrons. The van der Waals surface area contributed by atoms with Crippen molar-refractivity contribution in [1.82, 2.24) is 24.9 Å². The van der Waals surface area contributed by atoms with Gasteiger partial charge in [0.05, 0.1) is 31.1 Å². The molecule has 6 rings (SSSR count). The summed E-state index contributed by atoms with van der Waals surface area (Å²) in [4.78, 5) is 19.8. The molecular weight excluding hydrogens is 575 g/mol. The Labute approximate surface area is 260 Å². The predicted molar refractivity (Wildman–Crippen MR) is 169 cm³/mol. The summed E-state index contributed by atoms with van der Waals surface area (Å²) in [5.74, 6) is 0.357. The van der Waals surface area contributed by atoms with Crippen LogP contribution < -0.4 is 19.5 Å². The molecule has 1 amide bonds. The molecule has 1 aliphatic heterocycles. The number of benzene rings is 3. The SMILES string of the molecule is COc1cc2c(Oc3ccc(NC(=O)c4cn(-c5c(C)cccc5C)nn4)cc3F)ccnc2cc1OCCCN1CCCC1. The number of carbonyl (C=O) groups is 1. The lowest BCUT2D eigenvalue weighted by atomic mass is 10.1. The Morgan fingerprint density at radius 2 is 1.78 bits per heavy atom. The van der Waals surface area contributed by atoms with Gasteiger partial charge in [-0.25, -0.2) is 9.07 Å². The van der Waals surface area contributed by atoms with Gasteiger partial charge in [-0.2, -0.15) is 0 Å². The van der Waals surface area contributed by atoms with Gasteiger partial charge in [0, 0.05) is 35.9 Å². The zero-order valence-electron chi connectivity index (χ0n) is 25.5. The van der Waals surface area contributed by atoms with E-state index in [2.05, 4.69) is 25.5 Å². The van der Waals surface area contributed by atoms with Crippen LogP contribution in [0.3, 0.4) is 0 Å². The summed E-state index contributed by atoms with van der Waals surface area (Å²) < 4.78 is 34.4. The molecule has 0 atom stereocenters. The summed E-state index contributed by atoms with van der Waals surface area (Å²) >= 11 is 0. The predicted octanol–water partition coefficient (Wildman–Crippen LogP) is 6.49. The third-order valence-corrected chi connectivity index (χ3v) is 7.87. The van der Waals surface area contributed by atoms with E-state index in [1.54, 1.807) is 42.4 Å². The molecule has 11 heteroatoms. The lowest BCUT2D eigenvalue weighted by molar-refractivity contribution is 0.102. The highest BCUT2D eigenvalue weighted by atomic mass is 19.1. The van der Waals surface area contributed by atoms with Crippen LogP contribution in [0, 0.1) is 19.7 Å². The second-order valence-corrected chi connectivity index (χ2v) is 11.1. The number of halogens is 1.